The topological polar surface area (TPSA) is 72.6 Å². The number of hydrogen-bond donors (Lipinski definition) is 1. The van der Waals surface area contributed by atoms with Crippen LogP contribution in [0.25, 0.3) is 0 Å². The quantitative estimate of drug-likeness (QED) is 0.593. The minimum Gasteiger partial charge on any atom is -0.492 e. The Bertz CT molecular complexity index is 482. The Kier molecular flexibility index (Phi) is 2.30. The number of rotatable bonds is 2. The second-order valence-electron chi connectivity index (χ2n) is 3.54. The van der Waals surface area contributed by atoms with Gasteiger partial charge in [-0.2, -0.15) is 0 Å². The van der Waals surface area contributed by atoms with E-state index in [0.29, 0.717) is 29.2 Å². The smallest absolute Gasteiger partial charge is 0.261 e. The maximum Gasteiger partial charge on any atom is 0.261 e. The first kappa shape index (κ1) is 10.5. The van der Waals surface area contributed by atoms with Crippen LogP contribution in [0.4, 0.5) is 5.69 Å². The lowest BCUT2D eigenvalue weighted by Gasteiger charge is -2.07. The summed E-state index contributed by atoms with van der Waals surface area (Å²) in [5.41, 5.74) is 6.79. The van der Waals surface area contributed by atoms with Crippen molar-refractivity contribution in [2.45, 2.75) is 6.92 Å². The van der Waals surface area contributed by atoms with Gasteiger partial charge in [-0.05, 0) is 19.1 Å². The van der Waals surface area contributed by atoms with Crippen molar-refractivity contribution in [3.05, 3.63) is 23.3 Å². The average Bonchev–Trinajstić information content (AvgIpc) is 2.46. The predicted molar refractivity (Wildman–Crippen MR) is 58.4 cm³/mol. The summed E-state index contributed by atoms with van der Waals surface area (Å²) < 4.78 is 5.27. The molecule has 84 valence electrons. The van der Waals surface area contributed by atoms with Crippen molar-refractivity contribution in [1.82, 2.24) is 4.90 Å². The Hall–Kier alpha value is -2.04. The lowest BCUT2D eigenvalue weighted by atomic mass is 10.1. The fourth-order valence-corrected chi connectivity index (χ4v) is 1.68. The second kappa shape index (κ2) is 3.52. The van der Waals surface area contributed by atoms with E-state index in [2.05, 4.69) is 0 Å². The van der Waals surface area contributed by atoms with Crippen molar-refractivity contribution in [1.29, 1.82) is 0 Å². The van der Waals surface area contributed by atoms with Gasteiger partial charge in [0, 0.05) is 7.05 Å². The van der Waals surface area contributed by atoms with Gasteiger partial charge in [0.25, 0.3) is 11.8 Å². The molecule has 0 radical (unpaired) electrons. The number of nitrogens with zero attached hydrogens (tertiary/aromatic N) is 1. The third-order valence-electron chi connectivity index (χ3n) is 2.52. The highest BCUT2D eigenvalue weighted by molar-refractivity contribution is 6.21. The van der Waals surface area contributed by atoms with Crippen molar-refractivity contribution >= 4 is 17.5 Å². The van der Waals surface area contributed by atoms with E-state index in [4.69, 9.17) is 10.5 Å². The molecule has 0 unspecified atom stereocenters. The molecule has 0 bridgehead atoms. The highest BCUT2D eigenvalue weighted by atomic mass is 16.5. The van der Waals surface area contributed by atoms with Gasteiger partial charge in [0.15, 0.2) is 0 Å². The van der Waals surface area contributed by atoms with E-state index < -0.39 is 0 Å². The Morgan fingerprint density at radius 3 is 2.38 bits per heavy atom. The highest BCUT2D eigenvalue weighted by Gasteiger charge is 2.33. The highest BCUT2D eigenvalue weighted by Crippen LogP contribution is 2.31. The fraction of sp³-hybridized carbons (Fsp3) is 0.273. The number of carbonyl (C=O) groups excluding carboxylic acids is 2. The zero-order valence-corrected chi connectivity index (χ0v) is 9.11. The second-order valence-corrected chi connectivity index (χ2v) is 3.54. The van der Waals surface area contributed by atoms with Gasteiger partial charge < -0.3 is 10.5 Å². The van der Waals surface area contributed by atoms with Crippen molar-refractivity contribution in [2.24, 2.45) is 0 Å². The minimum absolute atomic E-state index is 0.319. The molecule has 0 atom stereocenters. The van der Waals surface area contributed by atoms with E-state index >= 15 is 0 Å². The first-order valence-electron chi connectivity index (χ1n) is 4.95. The summed E-state index contributed by atoms with van der Waals surface area (Å²) in [6.45, 7) is 2.28. The predicted octanol–water partition coefficient (Wildman–Crippen LogP) is 0.893. The van der Waals surface area contributed by atoms with E-state index in [1.165, 1.54) is 19.2 Å². The molecule has 0 aliphatic carbocycles. The molecule has 1 heterocycles. The van der Waals surface area contributed by atoms with Crippen molar-refractivity contribution < 1.29 is 14.3 Å². The third kappa shape index (κ3) is 1.32. The van der Waals surface area contributed by atoms with Crippen LogP contribution < -0.4 is 10.5 Å². The molecule has 16 heavy (non-hydrogen) atoms. The zero-order valence-electron chi connectivity index (χ0n) is 9.11. The van der Waals surface area contributed by atoms with Gasteiger partial charge in [-0.3, -0.25) is 14.5 Å². The fourth-order valence-electron chi connectivity index (χ4n) is 1.68. The normalized spacial score (nSPS) is 14.2. The zero-order chi connectivity index (χ0) is 11.9. The standard InChI is InChI=1S/C11H12N2O3/c1-3-16-9-5-7-6(4-8(9)12)10(14)13(2)11(7)15/h4-5H,3,12H2,1-2H3. The molecule has 1 aromatic rings. The molecule has 0 spiro atoms. The van der Waals surface area contributed by atoms with Gasteiger partial charge >= 0.3 is 0 Å². The molecule has 0 saturated heterocycles. The molecule has 0 aromatic heterocycles. The first-order chi connectivity index (χ1) is 7.56. The number of nitrogen functional groups attached to an aromatic ring is 1. The Morgan fingerprint density at radius 1 is 1.25 bits per heavy atom. The minimum atomic E-state index is -0.324. The van der Waals surface area contributed by atoms with Crippen LogP contribution in [0.3, 0.4) is 0 Å². The maximum absolute atomic E-state index is 11.7. The van der Waals surface area contributed by atoms with Crippen molar-refractivity contribution in [2.75, 3.05) is 19.4 Å². The van der Waals surface area contributed by atoms with E-state index in [1.807, 2.05) is 6.92 Å². The number of ether oxygens (including phenoxy) is 1. The summed E-state index contributed by atoms with van der Waals surface area (Å²) in [6.07, 6.45) is 0. The number of benzene rings is 1. The van der Waals surface area contributed by atoms with Crippen LogP contribution in [0, 0.1) is 0 Å². The largest absolute Gasteiger partial charge is 0.492 e. The number of hydrogen-bond acceptors (Lipinski definition) is 4. The Balaban J connectivity index is 2.56. The van der Waals surface area contributed by atoms with Crippen molar-refractivity contribution in [3.8, 4) is 5.75 Å². The summed E-state index contributed by atoms with van der Waals surface area (Å²) in [7, 11) is 1.45. The first-order valence-corrected chi connectivity index (χ1v) is 4.95. The molecule has 2 amide bonds. The van der Waals surface area contributed by atoms with Gasteiger partial charge in [-0.1, -0.05) is 0 Å². The number of carbonyl (C=O) groups is 2. The molecule has 5 nitrogen and oxygen atoms in total. The van der Waals surface area contributed by atoms with Crippen LogP contribution in [-0.4, -0.2) is 30.4 Å². The van der Waals surface area contributed by atoms with Crippen LogP contribution >= 0.6 is 0 Å². The number of nitrogens with two attached hydrogens (primary N) is 1. The average molecular weight is 220 g/mol. The molecule has 1 aliphatic heterocycles. The molecule has 0 fully saturated rings. The van der Waals surface area contributed by atoms with E-state index in [0.717, 1.165) is 4.90 Å². The molecule has 1 aromatic carbocycles. The SMILES string of the molecule is CCOc1cc2c(cc1N)C(=O)N(C)C2=O. The van der Waals surface area contributed by atoms with Gasteiger partial charge in [0.05, 0.1) is 23.4 Å². The molecule has 0 saturated carbocycles. The Morgan fingerprint density at radius 2 is 1.81 bits per heavy atom. The van der Waals surface area contributed by atoms with Crippen LogP contribution in [0.2, 0.25) is 0 Å². The van der Waals surface area contributed by atoms with Gasteiger partial charge in [-0.15, -0.1) is 0 Å². The molecule has 1 aliphatic rings. The molecular formula is C11H12N2O3. The van der Waals surface area contributed by atoms with Crippen LogP contribution in [-0.2, 0) is 0 Å². The molecular weight excluding hydrogens is 208 g/mol. The van der Waals surface area contributed by atoms with Gasteiger partial charge in [0.1, 0.15) is 5.75 Å². The number of imide groups is 1. The summed E-state index contributed by atoms with van der Waals surface area (Å²) in [5.74, 6) is -0.201. The summed E-state index contributed by atoms with van der Waals surface area (Å²) in [6, 6.07) is 3.02. The van der Waals surface area contributed by atoms with E-state index in [9.17, 15) is 9.59 Å². The molecule has 5 heteroatoms. The van der Waals surface area contributed by atoms with E-state index in [-0.39, 0.29) is 11.8 Å². The monoisotopic (exact) mass is 220 g/mol. The summed E-state index contributed by atoms with van der Waals surface area (Å²) in [4.78, 5) is 24.4. The lowest BCUT2D eigenvalue weighted by molar-refractivity contribution is 0.0693. The van der Waals surface area contributed by atoms with Gasteiger partial charge in [0.2, 0.25) is 0 Å². The van der Waals surface area contributed by atoms with Crippen LogP contribution in [0.5, 0.6) is 5.75 Å². The molecule has 2 N–H and O–H groups in total. The van der Waals surface area contributed by atoms with Gasteiger partial charge in [-0.25, -0.2) is 0 Å². The lowest BCUT2D eigenvalue weighted by Crippen LogP contribution is -2.24. The number of amides is 2. The van der Waals surface area contributed by atoms with Crippen LogP contribution in [0.1, 0.15) is 27.6 Å². The Labute approximate surface area is 92.8 Å². The van der Waals surface area contributed by atoms with Crippen molar-refractivity contribution in [3.63, 3.8) is 0 Å². The van der Waals surface area contributed by atoms with Crippen LogP contribution in [0.15, 0.2) is 12.1 Å². The summed E-state index contributed by atoms with van der Waals surface area (Å²) in [5, 5.41) is 0. The number of anilines is 1. The number of fused-ring (bicyclic) bond motifs is 1. The summed E-state index contributed by atoms with van der Waals surface area (Å²) >= 11 is 0. The molecule has 2 rings (SSSR count). The third-order valence-corrected chi connectivity index (χ3v) is 2.52. The maximum atomic E-state index is 11.7. The van der Waals surface area contributed by atoms with E-state index in [1.54, 1.807) is 0 Å².